The molecule has 0 aromatic heterocycles. The number of alkyl halides is 4. The first-order valence-corrected chi connectivity index (χ1v) is 6.34. The average molecular weight is 294 g/mol. The molecule has 1 rings (SSSR count). The smallest absolute Gasteiger partial charge is 0.352 e. The van der Waals surface area contributed by atoms with Gasteiger partial charge >= 0.3 is 6.18 Å². The summed E-state index contributed by atoms with van der Waals surface area (Å²) in [6, 6.07) is 4.73. The van der Waals surface area contributed by atoms with E-state index in [1.54, 1.807) is 0 Å². The van der Waals surface area contributed by atoms with E-state index in [0.29, 0.717) is 19.4 Å². The molecule has 0 aliphatic rings. The largest absolute Gasteiger partial charge is 0.417 e. The van der Waals surface area contributed by atoms with Crippen LogP contribution in [0.4, 0.5) is 13.2 Å². The van der Waals surface area contributed by atoms with Crippen LogP contribution in [0.15, 0.2) is 24.3 Å². The van der Waals surface area contributed by atoms with Crippen molar-refractivity contribution < 1.29 is 18.0 Å². The monoisotopic (exact) mass is 293 g/mol. The van der Waals surface area contributed by atoms with E-state index in [0.717, 1.165) is 6.07 Å². The van der Waals surface area contributed by atoms with Crippen LogP contribution in [0, 0.1) is 0 Å². The molecule has 0 saturated heterocycles. The second kappa shape index (κ2) is 6.80. The van der Waals surface area contributed by atoms with Crippen LogP contribution in [-0.2, 0) is 6.18 Å². The predicted molar refractivity (Wildman–Crippen MR) is 68.3 cm³/mol. The summed E-state index contributed by atoms with van der Waals surface area (Å²) in [5, 5.41) is 2.45. The molecule has 0 heterocycles. The summed E-state index contributed by atoms with van der Waals surface area (Å²) >= 11 is 5.73. The van der Waals surface area contributed by atoms with Crippen LogP contribution >= 0.6 is 11.6 Å². The number of amides is 1. The zero-order valence-corrected chi connectivity index (χ0v) is 11.2. The minimum atomic E-state index is -4.53. The SMILES string of the molecule is CC(Cl)CCCNC(=O)c1ccccc1C(F)(F)F. The number of rotatable bonds is 5. The maximum absolute atomic E-state index is 12.7. The Kier molecular flexibility index (Phi) is 5.66. The minimum Gasteiger partial charge on any atom is -0.352 e. The van der Waals surface area contributed by atoms with Gasteiger partial charge in [0.05, 0.1) is 11.1 Å². The van der Waals surface area contributed by atoms with E-state index >= 15 is 0 Å². The Morgan fingerprint density at radius 2 is 2.00 bits per heavy atom. The molecule has 0 saturated carbocycles. The quantitative estimate of drug-likeness (QED) is 0.648. The Morgan fingerprint density at radius 3 is 2.58 bits per heavy atom. The number of hydrogen-bond acceptors (Lipinski definition) is 1. The van der Waals surface area contributed by atoms with Gasteiger partial charge in [0.15, 0.2) is 0 Å². The van der Waals surface area contributed by atoms with E-state index in [4.69, 9.17) is 11.6 Å². The molecule has 1 unspecified atom stereocenters. The summed E-state index contributed by atoms with van der Waals surface area (Å²) in [6.07, 6.45) is -3.20. The van der Waals surface area contributed by atoms with Crippen LogP contribution in [0.5, 0.6) is 0 Å². The molecule has 1 N–H and O–H groups in total. The van der Waals surface area contributed by atoms with Crippen molar-refractivity contribution in [1.29, 1.82) is 0 Å². The molecule has 2 nitrogen and oxygen atoms in total. The Morgan fingerprint density at radius 1 is 1.37 bits per heavy atom. The third-order valence-electron chi connectivity index (χ3n) is 2.54. The zero-order valence-electron chi connectivity index (χ0n) is 10.4. The normalized spacial score (nSPS) is 13.1. The van der Waals surface area contributed by atoms with Crippen molar-refractivity contribution in [1.82, 2.24) is 5.32 Å². The van der Waals surface area contributed by atoms with Gasteiger partial charge in [-0.05, 0) is 31.9 Å². The van der Waals surface area contributed by atoms with Crippen LogP contribution in [0.25, 0.3) is 0 Å². The molecule has 1 atom stereocenters. The van der Waals surface area contributed by atoms with Crippen molar-refractivity contribution in [3.8, 4) is 0 Å². The Hall–Kier alpha value is -1.23. The van der Waals surface area contributed by atoms with Crippen molar-refractivity contribution >= 4 is 17.5 Å². The summed E-state index contributed by atoms with van der Waals surface area (Å²) in [6.45, 7) is 2.13. The van der Waals surface area contributed by atoms with Crippen molar-refractivity contribution in [3.05, 3.63) is 35.4 Å². The second-order valence-electron chi connectivity index (χ2n) is 4.22. The summed E-state index contributed by atoms with van der Waals surface area (Å²) in [5.74, 6) is -0.713. The molecule has 0 fully saturated rings. The van der Waals surface area contributed by atoms with Crippen LogP contribution in [-0.4, -0.2) is 17.8 Å². The average Bonchev–Trinajstić information content (AvgIpc) is 2.33. The maximum Gasteiger partial charge on any atom is 0.417 e. The van der Waals surface area contributed by atoms with E-state index in [2.05, 4.69) is 5.32 Å². The summed E-state index contributed by atoms with van der Waals surface area (Å²) in [4.78, 5) is 11.7. The van der Waals surface area contributed by atoms with E-state index in [9.17, 15) is 18.0 Å². The van der Waals surface area contributed by atoms with Crippen LogP contribution in [0.2, 0.25) is 0 Å². The molecule has 0 radical (unpaired) electrons. The molecular formula is C13H15ClF3NO. The first kappa shape index (κ1) is 15.8. The number of hydrogen-bond donors (Lipinski definition) is 1. The van der Waals surface area contributed by atoms with Crippen molar-refractivity contribution in [2.24, 2.45) is 0 Å². The molecular weight excluding hydrogens is 279 g/mol. The van der Waals surface area contributed by atoms with Gasteiger partial charge < -0.3 is 5.32 Å². The number of carbonyl (C=O) groups excluding carboxylic acids is 1. The van der Waals surface area contributed by atoms with Gasteiger partial charge in [-0.3, -0.25) is 4.79 Å². The number of carbonyl (C=O) groups is 1. The lowest BCUT2D eigenvalue weighted by molar-refractivity contribution is -0.137. The fourth-order valence-corrected chi connectivity index (χ4v) is 1.76. The highest BCUT2D eigenvalue weighted by Crippen LogP contribution is 2.31. The van der Waals surface area contributed by atoms with Crippen molar-refractivity contribution in [2.45, 2.75) is 31.3 Å². The molecule has 0 aliphatic carbocycles. The lowest BCUT2D eigenvalue weighted by atomic mass is 10.1. The van der Waals surface area contributed by atoms with Gasteiger partial charge in [0.2, 0.25) is 0 Å². The molecule has 6 heteroatoms. The lowest BCUT2D eigenvalue weighted by Crippen LogP contribution is -2.27. The predicted octanol–water partition coefficient (Wildman–Crippen LogP) is 3.84. The third-order valence-corrected chi connectivity index (χ3v) is 2.76. The highest BCUT2D eigenvalue weighted by molar-refractivity contribution is 6.20. The maximum atomic E-state index is 12.7. The van der Waals surface area contributed by atoms with Crippen LogP contribution in [0.3, 0.4) is 0 Å². The number of halogens is 4. The molecule has 1 aromatic carbocycles. The first-order valence-electron chi connectivity index (χ1n) is 5.91. The van der Waals surface area contributed by atoms with Gasteiger partial charge in [-0.25, -0.2) is 0 Å². The van der Waals surface area contributed by atoms with Crippen molar-refractivity contribution in [2.75, 3.05) is 6.54 Å². The third kappa shape index (κ3) is 5.11. The molecule has 0 aliphatic heterocycles. The summed E-state index contributed by atoms with van der Waals surface area (Å²) in [7, 11) is 0. The van der Waals surface area contributed by atoms with Gasteiger partial charge in [-0.15, -0.1) is 11.6 Å². The Labute approximate surface area is 114 Å². The standard InChI is InChI=1S/C13H15ClF3NO/c1-9(14)5-4-8-18-12(19)10-6-2-3-7-11(10)13(15,16)17/h2-3,6-7,9H,4-5,8H2,1H3,(H,18,19). The van der Waals surface area contributed by atoms with Gasteiger partial charge in [0.25, 0.3) is 5.91 Å². The van der Waals surface area contributed by atoms with Gasteiger partial charge in [0.1, 0.15) is 0 Å². The van der Waals surface area contributed by atoms with E-state index in [1.807, 2.05) is 6.92 Å². The molecule has 106 valence electrons. The topological polar surface area (TPSA) is 29.1 Å². The fraction of sp³-hybridized carbons (Fsp3) is 0.462. The van der Waals surface area contributed by atoms with Gasteiger partial charge in [-0.1, -0.05) is 12.1 Å². The summed E-state index contributed by atoms with van der Waals surface area (Å²) < 4.78 is 38.1. The van der Waals surface area contributed by atoms with Gasteiger partial charge in [0, 0.05) is 11.9 Å². The molecule has 19 heavy (non-hydrogen) atoms. The Balaban J connectivity index is 2.67. The number of nitrogens with one attached hydrogen (secondary N) is 1. The van der Waals surface area contributed by atoms with E-state index < -0.39 is 17.6 Å². The lowest BCUT2D eigenvalue weighted by Gasteiger charge is -2.12. The number of benzene rings is 1. The van der Waals surface area contributed by atoms with Gasteiger partial charge in [-0.2, -0.15) is 13.2 Å². The highest BCUT2D eigenvalue weighted by atomic mass is 35.5. The zero-order chi connectivity index (χ0) is 14.5. The second-order valence-corrected chi connectivity index (χ2v) is 4.97. The van der Waals surface area contributed by atoms with Crippen LogP contribution in [0.1, 0.15) is 35.7 Å². The Bertz CT molecular complexity index is 432. The highest BCUT2D eigenvalue weighted by Gasteiger charge is 2.34. The van der Waals surface area contributed by atoms with Crippen molar-refractivity contribution in [3.63, 3.8) is 0 Å². The minimum absolute atomic E-state index is 0.0145. The first-order chi connectivity index (χ1) is 8.82. The van der Waals surface area contributed by atoms with Crippen LogP contribution < -0.4 is 5.32 Å². The van der Waals surface area contributed by atoms with E-state index in [1.165, 1.54) is 18.2 Å². The molecule has 0 spiro atoms. The summed E-state index contributed by atoms with van der Waals surface area (Å²) in [5.41, 5.74) is -1.27. The fourth-order valence-electron chi connectivity index (χ4n) is 1.61. The molecule has 0 bridgehead atoms. The molecule has 1 amide bonds. The molecule has 1 aromatic rings. The van der Waals surface area contributed by atoms with E-state index in [-0.39, 0.29) is 10.9 Å².